The molecular weight excluding hydrogens is 322 g/mol. The number of nitriles is 1. The van der Waals surface area contributed by atoms with Crippen LogP contribution in [0.5, 0.6) is 0 Å². The molecule has 0 amide bonds. The summed E-state index contributed by atoms with van der Waals surface area (Å²) in [6, 6.07) is 5.49. The van der Waals surface area contributed by atoms with Crippen molar-refractivity contribution in [3.05, 3.63) is 24.2 Å². The van der Waals surface area contributed by atoms with Crippen molar-refractivity contribution >= 4 is 39.7 Å². The number of furan rings is 1. The number of carbonyl (C=O) groups excluding carboxylic acids is 1. The van der Waals surface area contributed by atoms with E-state index in [1.165, 1.54) is 30.0 Å². The summed E-state index contributed by atoms with van der Waals surface area (Å²) in [6.07, 6.45) is 1.60. The fourth-order valence-corrected chi connectivity index (χ4v) is 3.20. The molecule has 0 bridgehead atoms. The molecule has 0 saturated carbocycles. The zero-order valence-electron chi connectivity index (χ0n) is 11.7. The van der Waals surface area contributed by atoms with Gasteiger partial charge in [-0.3, -0.25) is 4.79 Å². The van der Waals surface area contributed by atoms with E-state index in [9.17, 15) is 4.79 Å². The first-order valence-corrected chi connectivity index (χ1v) is 8.10. The number of nitrogens with one attached hydrogen (secondary N) is 2. The van der Waals surface area contributed by atoms with Crippen molar-refractivity contribution in [2.45, 2.75) is 17.8 Å². The maximum atomic E-state index is 11.8. The molecule has 0 radical (unpaired) electrons. The number of aromatic nitrogens is 2. The van der Waals surface area contributed by atoms with Gasteiger partial charge in [-0.15, -0.1) is 10.2 Å². The molecule has 2 heterocycles. The van der Waals surface area contributed by atoms with Gasteiger partial charge in [-0.25, -0.2) is 0 Å². The maximum Gasteiger partial charge on any atom is 0.206 e. The third kappa shape index (κ3) is 4.41. The number of hydrogen-bond acceptors (Lipinski definition) is 9. The Labute approximate surface area is 135 Å². The fraction of sp³-hybridized carbons (Fsp3) is 0.308. The Kier molecular flexibility index (Phi) is 5.68. The van der Waals surface area contributed by atoms with E-state index in [0.717, 1.165) is 5.76 Å². The molecule has 0 spiro atoms. The van der Waals surface area contributed by atoms with Crippen molar-refractivity contribution in [1.82, 2.24) is 10.2 Å². The molecule has 0 saturated heterocycles. The molecule has 2 aromatic rings. The number of carbonyl (C=O) groups is 1. The summed E-state index contributed by atoms with van der Waals surface area (Å²) >= 11 is 2.54. The number of hydrogen-bond donors (Lipinski definition) is 2. The van der Waals surface area contributed by atoms with Crippen LogP contribution in [0.4, 0.5) is 5.13 Å². The fourth-order valence-electron chi connectivity index (χ4n) is 1.54. The van der Waals surface area contributed by atoms with Crippen molar-refractivity contribution in [2.75, 3.05) is 11.1 Å². The standard InChI is InChI=1S/C13H13N5O2S2/c1-8(15)10(5-14)11(19)7-21-13-18-17-12(22-13)16-6-9-3-2-4-20-9/h2-4,10,15H,6-7H2,1H3,(H,16,17). The van der Waals surface area contributed by atoms with Gasteiger partial charge in [0.05, 0.1) is 24.6 Å². The molecule has 0 aromatic carbocycles. The third-order valence-corrected chi connectivity index (χ3v) is 4.66. The summed E-state index contributed by atoms with van der Waals surface area (Å²) in [5.74, 6) is -0.378. The van der Waals surface area contributed by atoms with Gasteiger partial charge < -0.3 is 15.1 Å². The van der Waals surface area contributed by atoms with Crippen LogP contribution in [0.1, 0.15) is 12.7 Å². The van der Waals surface area contributed by atoms with Crippen LogP contribution in [-0.4, -0.2) is 27.4 Å². The van der Waals surface area contributed by atoms with Gasteiger partial charge in [0.2, 0.25) is 5.13 Å². The number of rotatable bonds is 8. The Morgan fingerprint density at radius 3 is 3.09 bits per heavy atom. The normalized spacial score (nSPS) is 11.6. The third-order valence-electron chi connectivity index (χ3n) is 2.62. The van der Waals surface area contributed by atoms with Gasteiger partial charge in [0, 0.05) is 5.71 Å². The largest absolute Gasteiger partial charge is 0.467 e. The molecule has 1 atom stereocenters. The molecule has 1 unspecified atom stereocenters. The van der Waals surface area contributed by atoms with E-state index in [2.05, 4.69) is 15.5 Å². The average molecular weight is 335 g/mol. The van der Waals surface area contributed by atoms with Crippen LogP contribution in [0.15, 0.2) is 27.2 Å². The van der Waals surface area contributed by atoms with Crippen LogP contribution in [0, 0.1) is 22.7 Å². The van der Waals surface area contributed by atoms with Crippen LogP contribution < -0.4 is 5.32 Å². The number of Topliss-reactive ketones (excluding diaryl/α,β-unsaturated/α-hetero) is 1. The lowest BCUT2D eigenvalue weighted by Gasteiger charge is -2.04. The minimum Gasteiger partial charge on any atom is -0.467 e. The van der Waals surface area contributed by atoms with Gasteiger partial charge in [-0.2, -0.15) is 5.26 Å². The molecule has 9 heteroatoms. The lowest BCUT2D eigenvalue weighted by Crippen LogP contribution is -2.21. The predicted molar refractivity (Wildman–Crippen MR) is 84.2 cm³/mol. The quantitative estimate of drug-likeness (QED) is 0.562. The number of nitrogens with zero attached hydrogens (tertiary/aromatic N) is 3. The molecule has 22 heavy (non-hydrogen) atoms. The van der Waals surface area contributed by atoms with E-state index >= 15 is 0 Å². The first-order valence-electron chi connectivity index (χ1n) is 6.30. The molecule has 2 N–H and O–H groups in total. The molecule has 0 aliphatic heterocycles. The lowest BCUT2D eigenvalue weighted by molar-refractivity contribution is -0.117. The molecule has 0 aliphatic carbocycles. The molecular formula is C13H13N5O2S2. The van der Waals surface area contributed by atoms with Crippen LogP contribution in [-0.2, 0) is 11.3 Å². The molecule has 0 fully saturated rings. The van der Waals surface area contributed by atoms with Gasteiger partial charge in [-0.1, -0.05) is 23.1 Å². The molecule has 7 nitrogen and oxygen atoms in total. The Morgan fingerprint density at radius 2 is 2.45 bits per heavy atom. The van der Waals surface area contributed by atoms with Crippen LogP contribution >= 0.6 is 23.1 Å². The Morgan fingerprint density at radius 1 is 1.64 bits per heavy atom. The number of thioether (sulfide) groups is 1. The van der Waals surface area contributed by atoms with Crippen molar-refractivity contribution in [2.24, 2.45) is 5.92 Å². The Balaban J connectivity index is 1.83. The summed E-state index contributed by atoms with van der Waals surface area (Å²) in [7, 11) is 0. The van der Waals surface area contributed by atoms with E-state index in [0.29, 0.717) is 16.0 Å². The summed E-state index contributed by atoms with van der Waals surface area (Å²) in [6.45, 7) is 1.97. The van der Waals surface area contributed by atoms with Crippen LogP contribution in [0.25, 0.3) is 0 Å². The number of ketones is 1. The van der Waals surface area contributed by atoms with Crippen molar-refractivity contribution in [1.29, 1.82) is 10.7 Å². The molecule has 2 aromatic heterocycles. The molecule has 114 valence electrons. The van der Waals surface area contributed by atoms with E-state index in [-0.39, 0.29) is 17.2 Å². The first kappa shape index (κ1) is 16.2. The SMILES string of the molecule is CC(=N)C(C#N)C(=O)CSc1nnc(NCc2ccco2)s1. The van der Waals surface area contributed by atoms with Crippen molar-refractivity contribution < 1.29 is 9.21 Å². The Hall–Kier alpha value is -2.18. The highest BCUT2D eigenvalue weighted by molar-refractivity contribution is 8.01. The topological polar surface area (TPSA) is 116 Å². The van der Waals surface area contributed by atoms with Crippen molar-refractivity contribution in [3.8, 4) is 6.07 Å². The van der Waals surface area contributed by atoms with Crippen LogP contribution in [0.2, 0.25) is 0 Å². The highest BCUT2D eigenvalue weighted by atomic mass is 32.2. The second-order valence-corrected chi connectivity index (χ2v) is 6.51. The maximum absolute atomic E-state index is 11.8. The van der Waals surface area contributed by atoms with Gasteiger partial charge in [-0.05, 0) is 19.1 Å². The molecule has 2 rings (SSSR count). The minimum atomic E-state index is -0.975. The van der Waals surface area contributed by atoms with Gasteiger partial charge >= 0.3 is 0 Å². The second-order valence-electron chi connectivity index (χ2n) is 4.31. The highest BCUT2D eigenvalue weighted by Gasteiger charge is 2.20. The monoisotopic (exact) mass is 335 g/mol. The van der Waals surface area contributed by atoms with Gasteiger partial charge in [0.25, 0.3) is 0 Å². The minimum absolute atomic E-state index is 0.0613. The lowest BCUT2D eigenvalue weighted by atomic mass is 10.0. The van der Waals surface area contributed by atoms with Crippen LogP contribution in [0.3, 0.4) is 0 Å². The molecule has 0 aliphatic rings. The van der Waals surface area contributed by atoms with E-state index < -0.39 is 5.92 Å². The van der Waals surface area contributed by atoms with E-state index in [4.69, 9.17) is 15.1 Å². The summed E-state index contributed by atoms with van der Waals surface area (Å²) in [5.41, 5.74) is 0.0613. The van der Waals surface area contributed by atoms with Gasteiger partial charge in [0.1, 0.15) is 11.7 Å². The smallest absolute Gasteiger partial charge is 0.206 e. The summed E-state index contributed by atoms with van der Waals surface area (Å²) in [4.78, 5) is 11.8. The summed E-state index contributed by atoms with van der Waals surface area (Å²) < 4.78 is 5.83. The average Bonchev–Trinajstić information content (AvgIpc) is 3.15. The van der Waals surface area contributed by atoms with E-state index in [1.54, 1.807) is 12.3 Å². The van der Waals surface area contributed by atoms with Crippen molar-refractivity contribution in [3.63, 3.8) is 0 Å². The second kappa shape index (κ2) is 7.72. The number of anilines is 1. The highest BCUT2D eigenvalue weighted by Crippen LogP contribution is 2.26. The zero-order chi connectivity index (χ0) is 15.9. The van der Waals surface area contributed by atoms with Gasteiger partial charge in [0.15, 0.2) is 10.1 Å². The predicted octanol–water partition coefficient (Wildman–Crippen LogP) is 2.58. The first-order chi connectivity index (χ1) is 10.6. The summed E-state index contributed by atoms with van der Waals surface area (Å²) in [5, 5.41) is 27.9. The zero-order valence-corrected chi connectivity index (χ0v) is 13.3. The van der Waals surface area contributed by atoms with E-state index in [1.807, 2.05) is 12.1 Å². The Bertz CT molecular complexity index is 690.